The maximum atomic E-state index is 5.40. The number of benzene rings is 1. The predicted octanol–water partition coefficient (Wildman–Crippen LogP) is 1.13. The Labute approximate surface area is 91.8 Å². The highest BCUT2D eigenvalue weighted by Gasteiger charge is 1.96. The molecule has 0 bridgehead atoms. The second-order valence-corrected chi connectivity index (χ2v) is 3.83. The van der Waals surface area contributed by atoms with Gasteiger partial charge in [0.05, 0.1) is 0 Å². The van der Waals surface area contributed by atoms with Gasteiger partial charge < -0.3 is 15.4 Å². The number of hydrogen-bond donors (Lipinski definition) is 1. The van der Waals surface area contributed by atoms with Crippen LogP contribution in [0.15, 0.2) is 24.3 Å². The molecule has 0 heterocycles. The SMILES string of the molecule is CN(C)CCc1ccc(OCCN)cc1. The molecule has 15 heavy (non-hydrogen) atoms. The summed E-state index contributed by atoms with van der Waals surface area (Å²) in [6.07, 6.45) is 1.07. The van der Waals surface area contributed by atoms with E-state index < -0.39 is 0 Å². The Morgan fingerprint density at radius 3 is 2.40 bits per heavy atom. The summed E-state index contributed by atoms with van der Waals surface area (Å²) >= 11 is 0. The number of nitrogens with zero attached hydrogens (tertiary/aromatic N) is 1. The van der Waals surface area contributed by atoms with Crippen LogP contribution in [0, 0.1) is 0 Å². The molecule has 0 atom stereocenters. The summed E-state index contributed by atoms with van der Waals surface area (Å²) in [5, 5.41) is 0. The lowest BCUT2D eigenvalue weighted by Crippen LogP contribution is -2.15. The molecule has 2 N–H and O–H groups in total. The topological polar surface area (TPSA) is 38.5 Å². The summed E-state index contributed by atoms with van der Waals surface area (Å²) < 4.78 is 5.40. The van der Waals surface area contributed by atoms with Crippen molar-refractivity contribution in [1.29, 1.82) is 0 Å². The van der Waals surface area contributed by atoms with Crippen LogP contribution >= 0.6 is 0 Å². The van der Waals surface area contributed by atoms with E-state index in [2.05, 4.69) is 31.1 Å². The van der Waals surface area contributed by atoms with Gasteiger partial charge in [0.1, 0.15) is 12.4 Å². The molecule has 1 aromatic carbocycles. The minimum atomic E-state index is 0.558. The van der Waals surface area contributed by atoms with Gasteiger partial charge in [-0.05, 0) is 38.2 Å². The van der Waals surface area contributed by atoms with Gasteiger partial charge in [-0.2, -0.15) is 0 Å². The molecule has 84 valence electrons. The fourth-order valence-electron chi connectivity index (χ4n) is 1.28. The van der Waals surface area contributed by atoms with Crippen molar-refractivity contribution in [2.24, 2.45) is 5.73 Å². The summed E-state index contributed by atoms with van der Waals surface area (Å²) in [7, 11) is 4.16. The lowest BCUT2D eigenvalue weighted by molar-refractivity contribution is 0.328. The Kier molecular flexibility index (Phi) is 5.15. The first-order valence-electron chi connectivity index (χ1n) is 5.29. The summed E-state index contributed by atoms with van der Waals surface area (Å²) in [6.45, 7) is 2.21. The van der Waals surface area contributed by atoms with E-state index in [1.165, 1.54) is 5.56 Å². The standard InChI is InChI=1S/C12H20N2O/c1-14(2)9-7-11-3-5-12(6-4-11)15-10-8-13/h3-6H,7-10,13H2,1-2H3. The number of hydrogen-bond acceptors (Lipinski definition) is 3. The maximum Gasteiger partial charge on any atom is 0.119 e. The van der Waals surface area contributed by atoms with Crippen molar-refractivity contribution in [3.8, 4) is 5.75 Å². The molecule has 0 aliphatic carbocycles. The largest absolute Gasteiger partial charge is 0.492 e. The quantitative estimate of drug-likeness (QED) is 0.761. The van der Waals surface area contributed by atoms with Crippen molar-refractivity contribution in [3.05, 3.63) is 29.8 Å². The van der Waals surface area contributed by atoms with Crippen LogP contribution in [0.1, 0.15) is 5.56 Å². The summed E-state index contributed by atoms with van der Waals surface area (Å²) in [6, 6.07) is 8.21. The zero-order valence-electron chi connectivity index (χ0n) is 9.57. The molecule has 3 heteroatoms. The minimum Gasteiger partial charge on any atom is -0.492 e. The van der Waals surface area contributed by atoms with E-state index in [0.29, 0.717) is 13.2 Å². The molecule has 0 radical (unpaired) electrons. The number of nitrogens with two attached hydrogens (primary N) is 1. The number of rotatable bonds is 6. The van der Waals surface area contributed by atoms with Crippen molar-refractivity contribution in [1.82, 2.24) is 4.90 Å². The smallest absolute Gasteiger partial charge is 0.119 e. The molecule has 0 saturated heterocycles. The molecule has 0 unspecified atom stereocenters. The van der Waals surface area contributed by atoms with Crippen molar-refractivity contribution in [2.75, 3.05) is 33.8 Å². The molecule has 0 aliphatic heterocycles. The van der Waals surface area contributed by atoms with E-state index in [-0.39, 0.29) is 0 Å². The highest BCUT2D eigenvalue weighted by Crippen LogP contribution is 2.12. The van der Waals surface area contributed by atoms with Crippen LogP contribution in [-0.4, -0.2) is 38.7 Å². The van der Waals surface area contributed by atoms with Gasteiger partial charge in [0.2, 0.25) is 0 Å². The average molecular weight is 208 g/mol. The first kappa shape index (κ1) is 12.0. The van der Waals surface area contributed by atoms with Crippen molar-refractivity contribution in [3.63, 3.8) is 0 Å². The van der Waals surface area contributed by atoms with Gasteiger partial charge in [-0.25, -0.2) is 0 Å². The van der Waals surface area contributed by atoms with Crippen LogP contribution in [0.3, 0.4) is 0 Å². The Hall–Kier alpha value is -1.06. The van der Waals surface area contributed by atoms with Gasteiger partial charge in [0, 0.05) is 13.1 Å². The molecule has 0 fully saturated rings. The highest BCUT2D eigenvalue weighted by atomic mass is 16.5. The van der Waals surface area contributed by atoms with Gasteiger partial charge in [0.25, 0.3) is 0 Å². The minimum absolute atomic E-state index is 0.558. The lowest BCUT2D eigenvalue weighted by Gasteiger charge is -2.09. The third-order valence-corrected chi connectivity index (χ3v) is 2.16. The van der Waals surface area contributed by atoms with E-state index in [1.807, 2.05) is 12.1 Å². The molecular weight excluding hydrogens is 188 g/mol. The monoisotopic (exact) mass is 208 g/mol. The molecule has 1 rings (SSSR count). The van der Waals surface area contributed by atoms with Gasteiger partial charge in [-0.1, -0.05) is 12.1 Å². The van der Waals surface area contributed by atoms with Crippen LogP contribution < -0.4 is 10.5 Å². The van der Waals surface area contributed by atoms with Crippen molar-refractivity contribution >= 4 is 0 Å². The Morgan fingerprint density at radius 1 is 1.20 bits per heavy atom. The van der Waals surface area contributed by atoms with Crippen LogP contribution in [0.2, 0.25) is 0 Å². The molecule has 0 amide bonds. The number of likely N-dealkylation sites (N-methyl/N-ethyl adjacent to an activating group) is 1. The average Bonchev–Trinajstić information content (AvgIpc) is 2.25. The van der Waals surface area contributed by atoms with E-state index in [9.17, 15) is 0 Å². The van der Waals surface area contributed by atoms with E-state index in [0.717, 1.165) is 18.7 Å². The van der Waals surface area contributed by atoms with Crippen LogP contribution in [0.4, 0.5) is 0 Å². The van der Waals surface area contributed by atoms with Crippen molar-refractivity contribution in [2.45, 2.75) is 6.42 Å². The van der Waals surface area contributed by atoms with Crippen LogP contribution in [0.5, 0.6) is 5.75 Å². The summed E-state index contributed by atoms with van der Waals surface area (Å²) in [5.41, 5.74) is 6.69. The van der Waals surface area contributed by atoms with Gasteiger partial charge >= 0.3 is 0 Å². The zero-order valence-corrected chi connectivity index (χ0v) is 9.57. The van der Waals surface area contributed by atoms with E-state index >= 15 is 0 Å². The molecule has 1 aromatic rings. The Bertz CT molecular complexity index is 269. The first-order chi connectivity index (χ1) is 7.22. The zero-order chi connectivity index (χ0) is 11.1. The Balaban J connectivity index is 2.41. The van der Waals surface area contributed by atoms with E-state index in [1.54, 1.807) is 0 Å². The third kappa shape index (κ3) is 4.81. The second-order valence-electron chi connectivity index (χ2n) is 3.83. The fourth-order valence-corrected chi connectivity index (χ4v) is 1.28. The fraction of sp³-hybridized carbons (Fsp3) is 0.500. The van der Waals surface area contributed by atoms with Gasteiger partial charge in [0.15, 0.2) is 0 Å². The molecule has 0 saturated carbocycles. The normalized spacial score (nSPS) is 10.7. The van der Waals surface area contributed by atoms with Gasteiger partial charge in [-0.3, -0.25) is 0 Å². The van der Waals surface area contributed by atoms with Gasteiger partial charge in [-0.15, -0.1) is 0 Å². The highest BCUT2D eigenvalue weighted by molar-refractivity contribution is 5.27. The third-order valence-electron chi connectivity index (χ3n) is 2.16. The van der Waals surface area contributed by atoms with Crippen molar-refractivity contribution < 1.29 is 4.74 Å². The van der Waals surface area contributed by atoms with Crippen LogP contribution in [-0.2, 0) is 6.42 Å². The van der Waals surface area contributed by atoms with E-state index in [4.69, 9.17) is 10.5 Å². The molecule has 0 aromatic heterocycles. The molecule has 0 spiro atoms. The predicted molar refractivity (Wildman–Crippen MR) is 63.2 cm³/mol. The summed E-state index contributed by atoms with van der Waals surface area (Å²) in [5.74, 6) is 0.897. The number of ether oxygens (including phenoxy) is 1. The lowest BCUT2D eigenvalue weighted by atomic mass is 10.1. The first-order valence-corrected chi connectivity index (χ1v) is 5.29. The molecule has 0 aliphatic rings. The maximum absolute atomic E-state index is 5.40. The second kappa shape index (κ2) is 6.43. The molecular formula is C12H20N2O. The Morgan fingerprint density at radius 2 is 1.87 bits per heavy atom. The summed E-state index contributed by atoms with van der Waals surface area (Å²) in [4.78, 5) is 2.18. The molecule has 3 nitrogen and oxygen atoms in total. The van der Waals surface area contributed by atoms with Crippen LogP contribution in [0.25, 0.3) is 0 Å².